The Morgan fingerprint density at radius 1 is 1.20 bits per heavy atom. The zero-order valence-corrected chi connectivity index (χ0v) is 27.4. The van der Waals surface area contributed by atoms with Crippen molar-refractivity contribution in [1.29, 1.82) is 0 Å². The summed E-state index contributed by atoms with van der Waals surface area (Å²) in [6.45, 7) is 5.44. The Bertz CT molecular complexity index is 1670. The van der Waals surface area contributed by atoms with Crippen LogP contribution in [0.1, 0.15) is 56.5 Å². The van der Waals surface area contributed by atoms with Crippen LogP contribution in [0.25, 0.3) is 10.8 Å². The average molecular weight is 632 g/mol. The number of nitrogens with two attached hydrogens (primary N) is 1. The Hall–Kier alpha value is -3.58. The molecule has 0 bridgehead atoms. The number of aromatic hydroxyl groups is 1. The third-order valence-electron chi connectivity index (χ3n) is 9.92. The number of aromatic nitrogens is 3. The minimum absolute atomic E-state index is 0.0157. The lowest BCUT2D eigenvalue weighted by atomic mass is 9.96. The number of hydrazine groups is 1. The first kappa shape index (κ1) is 31.0. The van der Waals surface area contributed by atoms with Crippen LogP contribution >= 0.6 is 0 Å². The number of phenols is 1. The Kier molecular flexibility index (Phi) is 8.25. The summed E-state index contributed by atoms with van der Waals surface area (Å²) in [5, 5.41) is 21.4. The molecule has 11 nitrogen and oxygen atoms in total. The number of hydrogen-bond acceptors (Lipinski definition) is 10. The van der Waals surface area contributed by atoms with Gasteiger partial charge in [0.15, 0.2) is 5.82 Å². The molecular formula is C34H46FN9O2. The highest BCUT2D eigenvalue weighted by Gasteiger charge is 2.45. The normalized spacial score (nSPS) is 24.7. The first-order valence-corrected chi connectivity index (χ1v) is 16.5. The van der Waals surface area contributed by atoms with Crippen molar-refractivity contribution in [3.63, 3.8) is 0 Å². The van der Waals surface area contributed by atoms with E-state index in [2.05, 4.69) is 50.2 Å². The van der Waals surface area contributed by atoms with Crippen molar-refractivity contribution in [2.45, 2.75) is 63.9 Å². The summed E-state index contributed by atoms with van der Waals surface area (Å²) < 4.78 is 23.5. The van der Waals surface area contributed by atoms with Crippen LogP contribution in [0.4, 0.5) is 10.1 Å². The summed E-state index contributed by atoms with van der Waals surface area (Å²) in [6.07, 6.45) is 8.68. The Morgan fingerprint density at radius 2 is 2.02 bits per heavy atom. The molecule has 1 aliphatic carbocycles. The number of fused-ring (bicyclic) bond motifs is 2. The van der Waals surface area contributed by atoms with Gasteiger partial charge in [-0.2, -0.15) is 5.10 Å². The van der Waals surface area contributed by atoms with Gasteiger partial charge in [-0.25, -0.2) is 19.4 Å². The van der Waals surface area contributed by atoms with E-state index in [1.807, 2.05) is 14.0 Å². The third kappa shape index (κ3) is 5.99. The van der Waals surface area contributed by atoms with Gasteiger partial charge in [0.1, 0.15) is 17.9 Å². The molecule has 7 rings (SSSR count). The highest BCUT2D eigenvalue weighted by atomic mass is 19.1. The number of hydrogen-bond donors (Lipinski definition) is 2. The van der Waals surface area contributed by atoms with Crippen LogP contribution in [0.2, 0.25) is 0 Å². The number of halogens is 1. The zero-order valence-electron chi connectivity index (χ0n) is 27.4. The number of piperidine rings is 2. The number of nitrogens with zero attached hydrogens (tertiary/aromatic N) is 8. The summed E-state index contributed by atoms with van der Waals surface area (Å²) >= 11 is 0. The fourth-order valence-corrected chi connectivity index (χ4v) is 7.48. The van der Waals surface area contributed by atoms with Crippen LogP contribution in [-0.4, -0.2) is 99.8 Å². The van der Waals surface area contributed by atoms with Gasteiger partial charge in [0.25, 0.3) is 0 Å². The molecule has 3 aliphatic heterocycles. The van der Waals surface area contributed by atoms with Gasteiger partial charge < -0.3 is 25.4 Å². The molecule has 3 fully saturated rings. The first-order valence-electron chi connectivity index (χ1n) is 16.5. The standard InChI is InChI=1S/C34H46FN9O2/c1-5-26-27(35)8-6-22-14-25(45)15-30(31(22)26)42-13-10-23-16-44(43-17-24(36)7-9-29(43)32-37-21-41(4)39-32)33(38-28(23)18-42)46-20-34(11-12-34)19-40(2)3/h6,8,14-16,21,24,29,33,45H,5,7,9-13,17-20,36H2,1-4H3. The molecule has 4 aliphatic rings. The Labute approximate surface area is 270 Å². The highest BCUT2D eigenvalue weighted by molar-refractivity contribution is 6.07. The number of phenolic OH excluding ortho intramolecular Hbond substituents is 1. The van der Waals surface area contributed by atoms with E-state index in [-0.39, 0.29) is 29.1 Å². The van der Waals surface area contributed by atoms with Gasteiger partial charge >= 0.3 is 0 Å². The monoisotopic (exact) mass is 631 g/mol. The van der Waals surface area contributed by atoms with Crippen LogP contribution in [-0.2, 0) is 18.2 Å². The van der Waals surface area contributed by atoms with Crippen LogP contribution in [0, 0.1) is 11.2 Å². The molecule has 3 N–H and O–H groups in total. The summed E-state index contributed by atoms with van der Waals surface area (Å²) in [4.78, 5) is 14.4. The van der Waals surface area contributed by atoms with E-state index in [1.54, 1.807) is 29.2 Å². The number of anilines is 1. The second-order valence-corrected chi connectivity index (χ2v) is 13.9. The largest absolute Gasteiger partial charge is 0.508 e. The predicted octanol–water partition coefficient (Wildman–Crippen LogP) is 3.95. The number of aliphatic imine (C=N–C) groups is 1. The predicted molar refractivity (Wildman–Crippen MR) is 177 cm³/mol. The van der Waals surface area contributed by atoms with E-state index in [1.165, 1.54) is 6.07 Å². The summed E-state index contributed by atoms with van der Waals surface area (Å²) in [7, 11) is 6.11. The number of ether oxygens (including phenoxy) is 1. The maximum atomic E-state index is 15.0. The van der Waals surface area contributed by atoms with Crippen LogP contribution < -0.4 is 10.6 Å². The summed E-state index contributed by atoms with van der Waals surface area (Å²) in [6, 6.07) is 6.69. The number of rotatable bonds is 9. The SMILES string of the molecule is CCc1c(F)ccc2cc(O)cc(N3CCC4=CN(N5CC(N)CCC5c5ncn(C)n5)C(OCC5(CN(C)C)CC5)N=C4C3)c12. The fraction of sp³-hybridized carbons (Fsp3) is 0.559. The van der Waals surface area contributed by atoms with E-state index in [9.17, 15) is 9.50 Å². The fourth-order valence-electron chi connectivity index (χ4n) is 7.48. The molecule has 0 spiro atoms. The molecule has 1 aromatic heterocycles. The van der Waals surface area contributed by atoms with Crippen LogP contribution in [0.3, 0.4) is 0 Å². The van der Waals surface area contributed by atoms with Gasteiger partial charge in [-0.1, -0.05) is 13.0 Å². The molecule has 3 atom stereocenters. The maximum absolute atomic E-state index is 15.0. The quantitative estimate of drug-likeness (QED) is 0.363. The van der Waals surface area contributed by atoms with E-state index < -0.39 is 6.35 Å². The van der Waals surface area contributed by atoms with Gasteiger partial charge in [-0.3, -0.25) is 9.69 Å². The highest BCUT2D eigenvalue weighted by Crippen LogP contribution is 2.47. The molecule has 4 heterocycles. The molecule has 3 unspecified atom stereocenters. The summed E-state index contributed by atoms with van der Waals surface area (Å²) in [5.41, 5.74) is 10.3. The van der Waals surface area contributed by atoms with E-state index in [0.717, 1.165) is 72.2 Å². The average Bonchev–Trinajstić information content (AvgIpc) is 3.65. The van der Waals surface area contributed by atoms with E-state index in [0.29, 0.717) is 38.2 Å². The Balaban J connectivity index is 1.23. The third-order valence-corrected chi connectivity index (χ3v) is 9.92. The molecule has 0 amide bonds. The topological polar surface area (TPSA) is 112 Å². The van der Waals surface area contributed by atoms with Gasteiger partial charge in [-0.15, -0.1) is 0 Å². The van der Waals surface area contributed by atoms with Gasteiger partial charge in [0, 0.05) is 61.5 Å². The van der Waals surface area contributed by atoms with Gasteiger partial charge in [-0.05, 0) is 81.3 Å². The van der Waals surface area contributed by atoms with Crippen molar-refractivity contribution in [1.82, 2.24) is 29.7 Å². The molecule has 12 heteroatoms. The Morgan fingerprint density at radius 3 is 2.74 bits per heavy atom. The van der Waals surface area contributed by atoms with Crippen LogP contribution in [0.15, 0.2) is 47.4 Å². The molecule has 1 saturated carbocycles. The molecule has 246 valence electrons. The van der Waals surface area contributed by atoms with Crippen LogP contribution in [0.5, 0.6) is 5.75 Å². The lowest BCUT2D eigenvalue weighted by Gasteiger charge is -2.48. The zero-order chi connectivity index (χ0) is 32.2. The molecule has 2 aromatic carbocycles. The minimum atomic E-state index is -0.570. The minimum Gasteiger partial charge on any atom is -0.508 e. The number of aryl methyl sites for hydroxylation is 2. The van der Waals surface area contributed by atoms with E-state index in [4.69, 9.17) is 15.5 Å². The molecular weight excluding hydrogens is 585 g/mol. The van der Waals surface area contributed by atoms with Crippen molar-refractivity contribution in [3.8, 4) is 5.75 Å². The molecule has 3 aromatic rings. The van der Waals surface area contributed by atoms with Crippen molar-refractivity contribution < 1.29 is 14.2 Å². The van der Waals surface area contributed by atoms with Crippen molar-refractivity contribution in [3.05, 3.63) is 59.6 Å². The molecule has 2 saturated heterocycles. The lowest BCUT2D eigenvalue weighted by molar-refractivity contribution is -0.171. The van der Waals surface area contributed by atoms with E-state index >= 15 is 0 Å². The van der Waals surface area contributed by atoms with Crippen molar-refractivity contribution >= 4 is 22.2 Å². The second-order valence-electron chi connectivity index (χ2n) is 13.9. The number of benzene rings is 2. The first-order chi connectivity index (χ1) is 22.1. The maximum Gasteiger partial charge on any atom is 0.241 e. The second kappa shape index (κ2) is 12.2. The van der Waals surface area contributed by atoms with Gasteiger partial charge in [0.05, 0.1) is 24.9 Å². The molecule has 0 radical (unpaired) electrons. The lowest BCUT2D eigenvalue weighted by Crippen LogP contribution is -2.57. The van der Waals surface area contributed by atoms with Crippen molar-refractivity contribution in [2.24, 2.45) is 23.2 Å². The van der Waals surface area contributed by atoms with Crippen molar-refractivity contribution in [2.75, 3.05) is 51.8 Å². The summed E-state index contributed by atoms with van der Waals surface area (Å²) in [5.74, 6) is 0.723. The van der Waals surface area contributed by atoms with Gasteiger partial charge in [0.2, 0.25) is 6.35 Å². The molecule has 46 heavy (non-hydrogen) atoms. The smallest absolute Gasteiger partial charge is 0.241 e.